The van der Waals surface area contributed by atoms with Crippen molar-refractivity contribution < 1.29 is 18.5 Å². The van der Waals surface area contributed by atoms with Gasteiger partial charge in [-0.05, 0) is 25.1 Å². The van der Waals surface area contributed by atoms with Gasteiger partial charge in [0.1, 0.15) is 11.5 Å². The molecule has 3 aromatic rings. The zero-order chi connectivity index (χ0) is 18.1. The minimum Gasteiger partial charge on any atom is -0.360 e. The fourth-order valence-electron chi connectivity index (χ4n) is 2.15. The molecule has 1 amide bonds. The van der Waals surface area contributed by atoms with E-state index in [1.807, 2.05) is 0 Å². The van der Waals surface area contributed by atoms with Gasteiger partial charge < -0.3 is 14.8 Å². The highest BCUT2D eigenvalue weighted by Crippen LogP contribution is 2.28. The van der Waals surface area contributed by atoms with E-state index in [9.17, 15) is 14.0 Å². The van der Waals surface area contributed by atoms with E-state index in [0.29, 0.717) is 5.76 Å². The number of ketones is 1. The lowest BCUT2D eigenvalue weighted by atomic mass is 10.0. The van der Waals surface area contributed by atoms with Crippen molar-refractivity contribution in [3.63, 3.8) is 0 Å². The number of hydrogen-bond acceptors (Lipinski definition) is 4. The number of H-pyrrole nitrogens is 1. The number of benzene rings is 1. The number of hydrogen-bond donors (Lipinski definition) is 2. The number of carbonyl (C=O) groups excluding carboxylic acids is 2. The van der Waals surface area contributed by atoms with Gasteiger partial charge >= 0.3 is 0 Å². The Kier molecular flexibility index (Phi) is 4.61. The summed E-state index contributed by atoms with van der Waals surface area (Å²) in [6.07, 6.45) is 1.28. The van der Waals surface area contributed by atoms with E-state index in [1.54, 1.807) is 6.92 Å². The Morgan fingerprint density at radius 3 is 2.64 bits per heavy atom. The van der Waals surface area contributed by atoms with Gasteiger partial charge in [-0.15, -0.1) is 0 Å². The van der Waals surface area contributed by atoms with Crippen LogP contribution in [0.25, 0.3) is 0 Å². The standard InChI is InChI=1S/C16H10Cl2FN3O3/c1-7-4-12(22-25-7)21-16(24)11-5-8(6-20-11)15(23)13-9(17)2-3-10(18)14(13)19/h2-6,20H,1H3,(H,21,22,24). The first-order valence-electron chi connectivity index (χ1n) is 6.98. The van der Waals surface area contributed by atoms with E-state index < -0.39 is 17.5 Å². The highest BCUT2D eigenvalue weighted by molar-refractivity contribution is 6.37. The summed E-state index contributed by atoms with van der Waals surface area (Å²) in [5.74, 6) is -1.38. The van der Waals surface area contributed by atoms with Crippen molar-refractivity contribution in [2.45, 2.75) is 6.92 Å². The number of rotatable bonds is 4. The number of amides is 1. The molecule has 0 aliphatic rings. The van der Waals surface area contributed by atoms with Crippen molar-refractivity contribution in [2.75, 3.05) is 5.32 Å². The Bertz CT molecular complexity index is 981. The average molecular weight is 382 g/mol. The Hall–Kier alpha value is -2.64. The number of carbonyl (C=O) groups is 2. The van der Waals surface area contributed by atoms with Crippen LogP contribution in [0.15, 0.2) is 35.0 Å². The van der Waals surface area contributed by atoms with E-state index >= 15 is 0 Å². The normalized spacial score (nSPS) is 10.7. The summed E-state index contributed by atoms with van der Waals surface area (Å²) in [7, 11) is 0. The van der Waals surface area contributed by atoms with Crippen LogP contribution in [0.1, 0.15) is 32.2 Å². The third-order valence-corrected chi connectivity index (χ3v) is 3.94. The number of aromatic amines is 1. The minimum absolute atomic E-state index is 0.0598. The summed E-state index contributed by atoms with van der Waals surface area (Å²) in [6, 6.07) is 5.40. The molecular formula is C16H10Cl2FN3O3. The molecule has 2 heterocycles. The molecule has 3 rings (SSSR count). The molecule has 9 heteroatoms. The van der Waals surface area contributed by atoms with Crippen molar-refractivity contribution in [1.82, 2.24) is 10.1 Å². The summed E-state index contributed by atoms with van der Waals surface area (Å²) in [6.45, 7) is 1.68. The molecule has 0 unspecified atom stereocenters. The second-order valence-corrected chi connectivity index (χ2v) is 5.94. The van der Waals surface area contributed by atoms with Crippen LogP contribution in [0.5, 0.6) is 0 Å². The molecule has 0 radical (unpaired) electrons. The van der Waals surface area contributed by atoms with Gasteiger partial charge in [0.05, 0.1) is 15.6 Å². The summed E-state index contributed by atoms with van der Waals surface area (Å²) < 4.78 is 19.0. The highest BCUT2D eigenvalue weighted by Gasteiger charge is 2.22. The molecule has 2 aromatic heterocycles. The zero-order valence-corrected chi connectivity index (χ0v) is 14.2. The lowest BCUT2D eigenvalue weighted by molar-refractivity contribution is 0.102. The molecule has 0 spiro atoms. The predicted molar refractivity (Wildman–Crippen MR) is 89.8 cm³/mol. The van der Waals surface area contributed by atoms with Crippen LogP contribution >= 0.6 is 23.2 Å². The van der Waals surface area contributed by atoms with Crippen LogP contribution in [-0.4, -0.2) is 21.8 Å². The second kappa shape index (κ2) is 6.70. The third kappa shape index (κ3) is 3.42. The SMILES string of the molecule is Cc1cc(NC(=O)c2cc(C(=O)c3c(Cl)ccc(Cl)c3F)c[nH]2)no1. The molecular weight excluding hydrogens is 372 g/mol. The largest absolute Gasteiger partial charge is 0.360 e. The van der Waals surface area contributed by atoms with Crippen molar-refractivity contribution in [3.05, 3.63) is 68.9 Å². The van der Waals surface area contributed by atoms with E-state index in [4.69, 9.17) is 27.7 Å². The molecule has 0 atom stereocenters. The van der Waals surface area contributed by atoms with Crippen molar-refractivity contribution >= 4 is 40.7 Å². The zero-order valence-electron chi connectivity index (χ0n) is 12.7. The molecule has 1 aromatic carbocycles. The molecule has 128 valence electrons. The number of anilines is 1. The molecule has 0 bridgehead atoms. The highest BCUT2D eigenvalue weighted by atomic mass is 35.5. The lowest BCUT2D eigenvalue weighted by Gasteiger charge is -2.05. The maximum Gasteiger partial charge on any atom is 0.273 e. The van der Waals surface area contributed by atoms with Crippen LogP contribution in [-0.2, 0) is 0 Å². The summed E-state index contributed by atoms with van der Waals surface area (Å²) in [4.78, 5) is 27.2. The molecule has 0 aliphatic carbocycles. The number of aromatic nitrogens is 2. The fourth-order valence-corrected chi connectivity index (χ4v) is 2.53. The Morgan fingerprint density at radius 2 is 1.96 bits per heavy atom. The maximum absolute atomic E-state index is 14.1. The Balaban J connectivity index is 1.85. The van der Waals surface area contributed by atoms with E-state index in [-0.39, 0.29) is 32.7 Å². The summed E-state index contributed by atoms with van der Waals surface area (Å²) in [5, 5.41) is 5.84. The van der Waals surface area contributed by atoms with Gasteiger partial charge in [-0.25, -0.2) is 4.39 Å². The van der Waals surface area contributed by atoms with Crippen LogP contribution in [0.2, 0.25) is 10.0 Å². The van der Waals surface area contributed by atoms with Crippen molar-refractivity contribution in [1.29, 1.82) is 0 Å². The van der Waals surface area contributed by atoms with Gasteiger partial charge in [-0.2, -0.15) is 0 Å². The van der Waals surface area contributed by atoms with E-state index in [0.717, 1.165) is 0 Å². The maximum atomic E-state index is 14.1. The molecule has 2 N–H and O–H groups in total. The topological polar surface area (TPSA) is 88.0 Å². The van der Waals surface area contributed by atoms with Gasteiger partial charge in [0.15, 0.2) is 17.4 Å². The third-order valence-electron chi connectivity index (χ3n) is 3.33. The van der Waals surface area contributed by atoms with Crippen molar-refractivity contribution in [2.24, 2.45) is 0 Å². The van der Waals surface area contributed by atoms with Crippen LogP contribution < -0.4 is 5.32 Å². The van der Waals surface area contributed by atoms with Crippen LogP contribution in [0, 0.1) is 12.7 Å². The summed E-state index contributed by atoms with van der Waals surface area (Å²) in [5.41, 5.74) is -0.209. The molecule has 0 saturated heterocycles. The molecule has 25 heavy (non-hydrogen) atoms. The van der Waals surface area contributed by atoms with Gasteiger partial charge in [0, 0.05) is 17.8 Å². The number of halogens is 3. The smallest absolute Gasteiger partial charge is 0.273 e. The van der Waals surface area contributed by atoms with Gasteiger partial charge in [-0.1, -0.05) is 28.4 Å². The van der Waals surface area contributed by atoms with E-state index in [2.05, 4.69) is 15.5 Å². The number of aryl methyl sites for hydroxylation is 1. The first kappa shape index (κ1) is 17.2. The van der Waals surface area contributed by atoms with E-state index in [1.165, 1.54) is 30.5 Å². The molecule has 0 fully saturated rings. The predicted octanol–water partition coefficient (Wildman–Crippen LogP) is 4.24. The Labute approximate surface area is 150 Å². The van der Waals surface area contributed by atoms with Crippen molar-refractivity contribution in [3.8, 4) is 0 Å². The monoisotopic (exact) mass is 381 g/mol. The average Bonchev–Trinajstić information content (AvgIpc) is 3.20. The first-order chi connectivity index (χ1) is 11.9. The summed E-state index contributed by atoms with van der Waals surface area (Å²) >= 11 is 11.6. The fraction of sp³-hybridized carbons (Fsp3) is 0.0625. The first-order valence-corrected chi connectivity index (χ1v) is 7.73. The second-order valence-electron chi connectivity index (χ2n) is 5.13. The lowest BCUT2D eigenvalue weighted by Crippen LogP contribution is -2.12. The molecule has 0 saturated carbocycles. The van der Waals surface area contributed by atoms with Crippen LogP contribution in [0.3, 0.4) is 0 Å². The minimum atomic E-state index is -0.913. The number of nitrogens with one attached hydrogen (secondary N) is 2. The Morgan fingerprint density at radius 1 is 1.24 bits per heavy atom. The van der Waals surface area contributed by atoms with Gasteiger partial charge in [0.25, 0.3) is 5.91 Å². The quantitative estimate of drug-likeness (QED) is 0.522. The molecule has 6 nitrogen and oxygen atoms in total. The van der Waals surface area contributed by atoms with Gasteiger partial charge in [0.2, 0.25) is 0 Å². The number of nitrogens with zero attached hydrogens (tertiary/aromatic N) is 1. The van der Waals surface area contributed by atoms with Gasteiger partial charge in [-0.3, -0.25) is 9.59 Å². The molecule has 0 aliphatic heterocycles. The van der Waals surface area contributed by atoms with Crippen LogP contribution in [0.4, 0.5) is 10.2 Å².